The molecule has 1 atom stereocenters. The van der Waals surface area contributed by atoms with E-state index in [9.17, 15) is 0 Å². The molecule has 2 heteroatoms. The molecule has 110 valence electrons. The minimum atomic E-state index is 0.678. The van der Waals surface area contributed by atoms with Crippen LogP contribution in [0.5, 0.6) is 0 Å². The molecule has 2 rings (SSSR count). The molecule has 0 aromatic heterocycles. The highest BCUT2D eigenvalue weighted by Gasteiger charge is 2.34. The van der Waals surface area contributed by atoms with Crippen molar-refractivity contribution in [2.75, 3.05) is 40.3 Å². The summed E-state index contributed by atoms with van der Waals surface area (Å²) in [6, 6.07) is 0. The highest BCUT2D eigenvalue weighted by Crippen LogP contribution is 2.39. The second-order valence-corrected chi connectivity index (χ2v) is 5.50. The molecule has 18 heavy (non-hydrogen) atoms. The SMILES string of the molecule is CC.CC.CN1CCCC2(CCCN(C)C2)CC1. The minimum Gasteiger partial charge on any atom is -0.306 e. The standard InChI is InChI=1S/C12H24N2.2C2H6/c1-13-8-3-5-12(7-10-13)6-4-9-14(2)11-12;2*1-2/h3-11H2,1-2H3;2*1-2H3. The van der Waals surface area contributed by atoms with E-state index in [1.807, 2.05) is 27.7 Å². The predicted molar refractivity (Wildman–Crippen MR) is 83.2 cm³/mol. The molecule has 2 nitrogen and oxygen atoms in total. The van der Waals surface area contributed by atoms with E-state index in [1.165, 1.54) is 58.3 Å². The zero-order valence-corrected chi connectivity index (χ0v) is 13.8. The fourth-order valence-corrected chi connectivity index (χ4v) is 3.25. The Kier molecular flexibility index (Phi) is 9.76. The molecule has 0 amide bonds. The van der Waals surface area contributed by atoms with Gasteiger partial charge < -0.3 is 9.80 Å². The van der Waals surface area contributed by atoms with Crippen LogP contribution in [0, 0.1) is 5.41 Å². The van der Waals surface area contributed by atoms with Gasteiger partial charge in [-0.25, -0.2) is 0 Å². The molecule has 0 saturated carbocycles. The maximum atomic E-state index is 2.54. The molecule has 1 spiro atoms. The number of nitrogens with zero attached hydrogens (tertiary/aromatic N) is 2. The molecule has 0 aromatic rings. The maximum absolute atomic E-state index is 2.54. The number of rotatable bonds is 0. The first-order valence-electron chi connectivity index (χ1n) is 8.07. The van der Waals surface area contributed by atoms with Gasteiger partial charge in [0, 0.05) is 6.54 Å². The third-order valence-electron chi connectivity index (χ3n) is 4.12. The lowest BCUT2D eigenvalue weighted by molar-refractivity contribution is 0.0925. The van der Waals surface area contributed by atoms with E-state index in [0.29, 0.717) is 5.41 Å². The van der Waals surface area contributed by atoms with E-state index in [-0.39, 0.29) is 0 Å². The lowest BCUT2D eigenvalue weighted by Gasteiger charge is -2.41. The number of piperidine rings is 1. The van der Waals surface area contributed by atoms with Crippen molar-refractivity contribution in [1.82, 2.24) is 9.80 Å². The van der Waals surface area contributed by atoms with Crippen molar-refractivity contribution in [2.45, 2.75) is 59.8 Å². The molecular formula is C16H36N2. The van der Waals surface area contributed by atoms with Gasteiger partial charge >= 0.3 is 0 Å². The summed E-state index contributed by atoms with van der Waals surface area (Å²) in [4.78, 5) is 5.04. The van der Waals surface area contributed by atoms with Crippen LogP contribution in [0.15, 0.2) is 0 Å². The first-order chi connectivity index (χ1) is 8.70. The molecule has 1 unspecified atom stereocenters. The van der Waals surface area contributed by atoms with Crippen molar-refractivity contribution in [3.63, 3.8) is 0 Å². The fraction of sp³-hybridized carbons (Fsp3) is 1.00. The summed E-state index contributed by atoms with van der Waals surface area (Å²) >= 11 is 0. The van der Waals surface area contributed by atoms with Gasteiger partial charge in [0.05, 0.1) is 0 Å². The molecule has 0 aromatic carbocycles. The summed E-state index contributed by atoms with van der Waals surface area (Å²) in [5.74, 6) is 0. The summed E-state index contributed by atoms with van der Waals surface area (Å²) in [5.41, 5.74) is 0.678. The Morgan fingerprint density at radius 3 is 1.67 bits per heavy atom. The summed E-state index contributed by atoms with van der Waals surface area (Å²) < 4.78 is 0. The van der Waals surface area contributed by atoms with E-state index >= 15 is 0 Å². The fourth-order valence-electron chi connectivity index (χ4n) is 3.25. The Balaban J connectivity index is 0.000000659. The zero-order chi connectivity index (χ0) is 14.0. The van der Waals surface area contributed by atoms with Crippen molar-refractivity contribution < 1.29 is 0 Å². The first kappa shape index (κ1) is 17.9. The molecule has 2 aliphatic heterocycles. The van der Waals surface area contributed by atoms with Crippen LogP contribution >= 0.6 is 0 Å². The Bertz CT molecular complexity index is 194. The Morgan fingerprint density at radius 1 is 0.667 bits per heavy atom. The van der Waals surface area contributed by atoms with Crippen molar-refractivity contribution in [1.29, 1.82) is 0 Å². The van der Waals surface area contributed by atoms with Crippen molar-refractivity contribution in [3.05, 3.63) is 0 Å². The summed E-state index contributed by atoms with van der Waals surface area (Å²) in [7, 11) is 4.56. The number of likely N-dealkylation sites (tertiary alicyclic amines) is 2. The lowest BCUT2D eigenvalue weighted by Crippen LogP contribution is -2.41. The Morgan fingerprint density at radius 2 is 1.17 bits per heavy atom. The average molecular weight is 256 g/mol. The second-order valence-electron chi connectivity index (χ2n) is 5.50. The van der Waals surface area contributed by atoms with Gasteiger partial charge in [-0.05, 0) is 71.2 Å². The molecule has 2 heterocycles. The molecule has 0 bridgehead atoms. The van der Waals surface area contributed by atoms with Gasteiger partial charge in [0.1, 0.15) is 0 Å². The lowest BCUT2D eigenvalue weighted by atomic mass is 9.74. The Hall–Kier alpha value is -0.0800. The molecule has 2 aliphatic rings. The van der Waals surface area contributed by atoms with Crippen LogP contribution in [0.1, 0.15) is 59.8 Å². The normalized spacial score (nSPS) is 29.7. The van der Waals surface area contributed by atoms with E-state index < -0.39 is 0 Å². The Labute approximate surface area is 116 Å². The smallest absolute Gasteiger partial charge is 0.00354 e. The van der Waals surface area contributed by atoms with E-state index in [0.717, 1.165) is 0 Å². The molecular weight excluding hydrogens is 220 g/mol. The maximum Gasteiger partial charge on any atom is 0.00354 e. The van der Waals surface area contributed by atoms with Crippen molar-refractivity contribution in [3.8, 4) is 0 Å². The van der Waals surface area contributed by atoms with Crippen molar-refractivity contribution in [2.24, 2.45) is 5.41 Å². The average Bonchev–Trinajstić information content (AvgIpc) is 2.57. The van der Waals surface area contributed by atoms with Gasteiger partial charge in [0.2, 0.25) is 0 Å². The van der Waals surface area contributed by atoms with Gasteiger partial charge in [-0.1, -0.05) is 27.7 Å². The largest absolute Gasteiger partial charge is 0.306 e. The van der Waals surface area contributed by atoms with Gasteiger partial charge in [-0.15, -0.1) is 0 Å². The van der Waals surface area contributed by atoms with Crippen LogP contribution in [0.4, 0.5) is 0 Å². The van der Waals surface area contributed by atoms with Crippen molar-refractivity contribution >= 4 is 0 Å². The molecule has 0 radical (unpaired) electrons. The predicted octanol–water partition coefficient (Wildman–Crippen LogP) is 3.87. The third-order valence-corrected chi connectivity index (χ3v) is 4.12. The van der Waals surface area contributed by atoms with Crippen LogP contribution in [0.2, 0.25) is 0 Å². The van der Waals surface area contributed by atoms with E-state index in [1.54, 1.807) is 0 Å². The third kappa shape index (κ3) is 5.71. The quantitative estimate of drug-likeness (QED) is 0.649. The molecule has 2 saturated heterocycles. The minimum absolute atomic E-state index is 0.678. The van der Waals surface area contributed by atoms with Crippen LogP contribution < -0.4 is 0 Å². The summed E-state index contributed by atoms with van der Waals surface area (Å²) in [5, 5.41) is 0. The molecule has 0 N–H and O–H groups in total. The van der Waals surface area contributed by atoms with Gasteiger partial charge in [0.15, 0.2) is 0 Å². The first-order valence-corrected chi connectivity index (χ1v) is 8.07. The highest BCUT2D eigenvalue weighted by molar-refractivity contribution is 4.88. The van der Waals surface area contributed by atoms with E-state index in [2.05, 4.69) is 23.9 Å². The second kappa shape index (κ2) is 9.80. The molecule has 0 aliphatic carbocycles. The van der Waals surface area contributed by atoms with Crippen LogP contribution in [0.25, 0.3) is 0 Å². The summed E-state index contributed by atoms with van der Waals surface area (Å²) in [6.45, 7) is 13.3. The monoisotopic (exact) mass is 256 g/mol. The van der Waals surface area contributed by atoms with Crippen LogP contribution in [0.3, 0.4) is 0 Å². The van der Waals surface area contributed by atoms with Crippen LogP contribution in [-0.2, 0) is 0 Å². The zero-order valence-electron chi connectivity index (χ0n) is 13.8. The van der Waals surface area contributed by atoms with Crippen LogP contribution in [-0.4, -0.2) is 50.1 Å². The number of hydrogen-bond donors (Lipinski definition) is 0. The summed E-state index contributed by atoms with van der Waals surface area (Å²) in [6.07, 6.45) is 7.19. The molecule has 2 fully saturated rings. The van der Waals surface area contributed by atoms with Gasteiger partial charge in [0.25, 0.3) is 0 Å². The van der Waals surface area contributed by atoms with E-state index in [4.69, 9.17) is 0 Å². The van der Waals surface area contributed by atoms with Gasteiger partial charge in [-0.3, -0.25) is 0 Å². The van der Waals surface area contributed by atoms with Gasteiger partial charge in [-0.2, -0.15) is 0 Å². The highest BCUT2D eigenvalue weighted by atomic mass is 15.1. The number of hydrogen-bond acceptors (Lipinski definition) is 2. The topological polar surface area (TPSA) is 6.48 Å².